The van der Waals surface area contributed by atoms with E-state index in [4.69, 9.17) is 11.6 Å². The molecule has 0 bridgehead atoms. The fourth-order valence-corrected chi connectivity index (χ4v) is 2.65. The Kier molecular flexibility index (Phi) is 3.07. The lowest BCUT2D eigenvalue weighted by Crippen LogP contribution is -2.00. The number of hydrogen-bond acceptors (Lipinski definition) is 2. The smallest absolute Gasteiger partial charge is 0.180 e. The molecule has 0 unspecified atom stereocenters. The maximum absolute atomic E-state index is 12.1. The van der Waals surface area contributed by atoms with Gasteiger partial charge in [0.2, 0.25) is 0 Å². The predicted molar refractivity (Wildman–Crippen MR) is 80.0 cm³/mol. The first-order valence-electron chi connectivity index (χ1n) is 6.26. The summed E-state index contributed by atoms with van der Waals surface area (Å²) in [6.07, 6.45) is 1.88. The van der Waals surface area contributed by atoms with E-state index in [1.54, 1.807) is 6.07 Å². The SMILES string of the molecule is CC(=O)c1ccc2c(C(=O)CCl)c3ccccn3c2c1. The normalized spacial score (nSPS) is 11.1. The van der Waals surface area contributed by atoms with Gasteiger partial charge in [-0.25, -0.2) is 0 Å². The maximum atomic E-state index is 12.1. The standard InChI is InChI=1S/C16H12ClNO2/c1-10(19)11-5-6-12-14(8-11)18-7-3-2-4-13(18)16(12)15(20)9-17/h2-8H,9H2,1H3. The van der Waals surface area contributed by atoms with E-state index in [2.05, 4.69) is 0 Å². The highest BCUT2D eigenvalue weighted by atomic mass is 35.5. The molecular formula is C16H12ClNO2. The van der Waals surface area contributed by atoms with Gasteiger partial charge in [0.05, 0.1) is 22.5 Å². The molecule has 0 radical (unpaired) electrons. The zero-order valence-corrected chi connectivity index (χ0v) is 11.6. The molecule has 0 saturated heterocycles. The van der Waals surface area contributed by atoms with Crippen LogP contribution in [0.1, 0.15) is 27.6 Å². The van der Waals surface area contributed by atoms with Crippen LogP contribution in [0.25, 0.3) is 16.4 Å². The molecule has 0 N–H and O–H groups in total. The number of fused-ring (bicyclic) bond motifs is 3. The van der Waals surface area contributed by atoms with E-state index in [0.29, 0.717) is 11.1 Å². The van der Waals surface area contributed by atoms with Gasteiger partial charge in [0.1, 0.15) is 0 Å². The minimum atomic E-state index is -0.110. The second-order valence-electron chi connectivity index (χ2n) is 4.68. The van der Waals surface area contributed by atoms with Crippen LogP contribution in [0.3, 0.4) is 0 Å². The largest absolute Gasteiger partial charge is 0.316 e. The fourth-order valence-electron chi connectivity index (χ4n) is 2.52. The van der Waals surface area contributed by atoms with Gasteiger partial charge in [-0.05, 0) is 25.1 Å². The van der Waals surface area contributed by atoms with Gasteiger partial charge in [0.15, 0.2) is 11.6 Å². The van der Waals surface area contributed by atoms with Gasteiger partial charge < -0.3 is 4.40 Å². The summed E-state index contributed by atoms with van der Waals surface area (Å²) in [7, 11) is 0. The zero-order valence-electron chi connectivity index (χ0n) is 10.9. The van der Waals surface area contributed by atoms with Gasteiger partial charge >= 0.3 is 0 Å². The number of pyridine rings is 1. The lowest BCUT2D eigenvalue weighted by atomic mass is 10.1. The van der Waals surface area contributed by atoms with Crippen molar-refractivity contribution >= 4 is 39.6 Å². The molecule has 0 aliphatic heterocycles. The molecule has 100 valence electrons. The molecule has 3 nitrogen and oxygen atoms in total. The number of carbonyl (C=O) groups is 2. The number of rotatable bonds is 3. The number of halogens is 1. The summed E-state index contributed by atoms with van der Waals surface area (Å²) >= 11 is 5.71. The first-order chi connectivity index (χ1) is 9.63. The number of carbonyl (C=O) groups excluding carboxylic acids is 2. The van der Waals surface area contributed by atoms with Crippen LogP contribution in [-0.4, -0.2) is 21.8 Å². The van der Waals surface area contributed by atoms with Gasteiger partial charge in [-0.2, -0.15) is 0 Å². The van der Waals surface area contributed by atoms with Crippen LogP contribution in [0.2, 0.25) is 0 Å². The molecule has 0 saturated carbocycles. The monoisotopic (exact) mass is 285 g/mol. The second kappa shape index (κ2) is 4.76. The van der Waals surface area contributed by atoms with E-state index in [1.807, 2.05) is 40.9 Å². The van der Waals surface area contributed by atoms with Crippen molar-refractivity contribution in [1.82, 2.24) is 4.40 Å². The predicted octanol–water partition coefficient (Wildman–Crippen LogP) is 3.72. The molecule has 0 spiro atoms. The van der Waals surface area contributed by atoms with E-state index in [0.717, 1.165) is 16.4 Å². The van der Waals surface area contributed by atoms with Crippen molar-refractivity contribution in [3.8, 4) is 0 Å². The number of Topliss-reactive ketones (excluding diaryl/α,β-unsaturated/α-hetero) is 2. The number of hydrogen-bond donors (Lipinski definition) is 0. The Morgan fingerprint density at radius 1 is 1.15 bits per heavy atom. The van der Waals surface area contributed by atoms with Crippen LogP contribution in [0, 0.1) is 0 Å². The Labute approximate surface area is 120 Å². The van der Waals surface area contributed by atoms with Crippen molar-refractivity contribution in [2.45, 2.75) is 6.92 Å². The average Bonchev–Trinajstić information content (AvgIpc) is 2.80. The van der Waals surface area contributed by atoms with E-state index < -0.39 is 0 Å². The van der Waals surface area contributed by atoms with E-state index in [1.165, 1.54) is 6.92 Å². The Bertz CT molecular complexity index is 848. The summed E-state index contributed by atoms with van der Waals surface area (Å²) in [5.74, 6) is -0.165. The lowest BCUT2D eigenvalue weighted by Gasteiger charge is -1.98. The quantitative estimate of drug-likeness (QED) is 0.543. The summed E-state index contributed by atoms with van der Waals surface area (Å²) in [6, 6.07) is 11.0. The average molecular weight is 286 g/mol. The van der Waals surface area contributed by atoms with Gasteiger partial charge in [-0.3, -0.25) is 9.59 Å². The van der Waals surface area contributed by atoms with E-state index in [-0.39, 0.29) is 17.4 Å². The first-order valence-corrected chi connectivity index (χ1v) is 6.80. The maximum Gasteiger partial charge on any atom is 0.180 e. The number of nitrogens with zero attached hydrogens (tertiary/aromatic N) is 1. The number of ketones is 2. The number of aromatic nitrogens is 1. The number of alkyl halides is 1. The molecule has 20 heavy (non-hydrogen) atoms. The summed E-state index contributed by atoms with van der Waals surface area (Å²) in [6.45, 7) is 1.53. The Morgan fingerprint density at radius 2 is 1.95 bits per heavy atom. The molecule has 1 aromatic carbocycles. The van der Waals surface area contributed by atoms with Crippen LogP contribution in [-0.2, 0) is 0 Å². The number of benzene rings is 1. The molecule has 0 atom stereocenters. The van der Waals surface area contributed by atoms with Crippen LogP contribution >= 0.6 is 11.6 Å². The molecule has 0 amide bonds. The van der Waals surface area contributed by atoms with Crippen molar-refractivity contribution in [3.05, 3.63) is 53.7 Å². The summed E-state index contributed by atoms with van der Waals surface area (Å²) in [5, 5.41) is 0.826. The molecular weight excluding hydrogens is 274 g/mol. The third-order valence-electron chi connectivity index (χ3n) is 3.45. The molecule has 0 aliphatic carbocycles. The van der Waals surface area contributed by atoms with Crippen LogP contribution in [0.15, 0.2) is 42.6 Å². The van der Waals surface area contributed by atoms with E-state index >= 15 is 0 Å². The van der Waals surface area contributed by atoms with Crippen molar-refractivity contribution in [3.63, 3.8) is 0 Å². The minimum absolute atomic E-state index is 0.00278. The molecule has 3 aromatic rings. The van der Waals surface area contributed by atoms with E-state index in [9.17, 15) is 9.59 Å². The fraction of sp³-hybridized carbons (Fsp3) is 0.125. The first kappa shape index (κ1) is 12.9. The Balaban J connectivity index is 2.47. The van der Waals surface area contributed by atoms with Crippen LogP contribution < -0.4 is 0 Å². The third kappa shape index (κ3) is 1.82. The summed E-state index contributed by atoms with van der Waals surface area (Å²) in [5.41, 5.74) is 2.91. The minimum Gasteiger partial charge on any atom is -0.316 e. The van der Waals surface area contributed by atoms with Crippen molar-refractivity contribution < 1.29 is 9.59 Å². The lowest BCUT2D eigenvalue weighted by molar-refractivity contribution is 0.101. The summed E-state index contributed by atoms with van der Waals surface area (Å²) in [4.78, 5) is 23.6. The highest BCUT2D eigenvalue weighted by molar-refractivity contribution is 6.33. The molecule has 2 heterocycles. The zero-order chi connectivity index (χ0) is 14.3. The highest BCUT2D eigenvalue weighted by Crippen LogP contribution is 2.28. The van der Waals surface area contributed by atoms with Crippen molar-refractivity contribution in [1.29, 1.82) is 0 Å². The highest BCUT2D eigenvalue weighted by Gasteiger charge is 2.17. The third-order valence-corrected chi connectivity index (χ3v) is 3.69. The van der Waals surface area contributed by atoms with Gasteiger partial charge in [-0.1, -0.05) is 18.2 Å². The molecule has 0 fully saturated rings. The Hall–Kier alpha value is -2.13. The van der Waals surface area contributed by atoms with Crippen molar-refractivity contribution in [2.24, 2.45) is 0 Å². The Morgan fingerprint density at radius 3 is 2.65 bits per heavy atom. The van der Waals surface area contributed by atoms with Gasteiger partial charge in [-0.15, -0.1) is 11.6 Å². The summed E-state index contributed by atoms with van der Waals surface area (Å²) < 4.78 is 1.92. The van der Waals surface area contributed by atoms with Gasteiger partial charge in [0.25, 0.3) is 0 Å². The van der Waals surface area contributed by atoms with Crippen molar-refractivity contribution in [2.75, 3.05) is 5.88 Å². The molecule has 2 aromatic heterocycles. The molecule has 3 rings (SSSR count). The topological polar surface area (TPSA) is 38.5 Å². The molecule has 4 heteroatoms. The second-order valence-corrected chi connectivity index (χ2v) is 4.94. The van der Waals surface area contributed by atoms with Crippen LogP contribution in [0.5, 0.6) is 0 Å². The molecule has 0 aliphatic rings. The van der Waals surface area contributed by atoms with Gasteiger partial charge in [0, 0.05) is 17.1 Å². The van der Waals surface area contributed by atoms with Crippen LogP contribution in [0.4, 0.5) is 0 Å².